The van der Waals surface area contributed by atoms with Crippen LogP contribution in [-0.2, 0) is 11.3 Å². The van der Waals surface area contributed by atoms with Crippen LogP contribution in [0, 0.1) is 0 Å². The van der Waals surface area contributed by atoms with Crippen molar-refractivity contribution >= 4 is 5.91 Å². The number of fused-ring (bicyclic) bond motifs is 1. The van der Waals surface area contributed by atoms with Gasteiger partial charge in [0.05, 0.1) is 6.54 Å². The lowest BCUT2D eigenvalue weighted by atomic mass is 10.2. The summed E-state index contributed by atoms with van der Waals surface area (Å²) in [5.41, 5.74) is 2.70. The highest BCUT2D eigenvalue weighted by Crippen LogP contribution is 2.32. The quantitative estimate of drug-likeness (QED) is 0.596. The maximum Gasteiger partial charge on any atom is 0.257 e. The number of nitrogens with zero attached hydrogens (tertiary/aromatic N) is 1. The molecule has 1 aliphatic rings. The van der Waals surface area contributed by atoms with Gasteiger partial charge in [0.1, 0.15) is 0 Å². The average molecular weight is 266 g/mol. The van der Waals surface area contributed by atoms with E-state index in [-0.39, 0.29) is 13.3 Å². The lowest BCUT2D eigenvalue weighted by molar-refractivity contribution is -0.130. The summed E-state index contributed by atoms with van der Waals surface area (Å²) >= 11 is 0. The molecule has 0 fully saturated rings. The summed E-state index contributed by atoms with van der Waals surface area (Å²) in [7, 11) is 0. The molecule has 1 aromatic carbocycles. The molecular formula is C13H18N2O4. The minimum Gasteiger partial charge on any atom is -0.454 e. The molecule has 1 amide bonds. The smallest absolute Gasteiger partial charge is 0.257 e. The molecule has 0 aromatic heterocycles. The molecule has 0 saturated heterocycles. The normalized spacial score (nSPS) is 12.8. The molecule has 0 spiro atoms. The van der Waals surface area contributed by atoms with E-state index in [1.54, 1.807) is 5.48 Å². The zero-order chi connectivity index (χ0) is 13.7. The molecule has 0 bridgehead atoms. The first kappa shape index (κ1) is 13.6. The highest BCUT2D eigenvalue weighted by molar-refractivity contribution is 5.76. The van der Waals surface area contributed by atoms with Gasteiger partial charge in [-0.05, 0) is 30.7 Å². The zero-order valence-electron chi connectivity index (χ0n) is 10.9. The van der Waals surface area contributed by atoms with Crippen LogP contribution in [0.1, 0.15) is 18.9 Å². The Hall–Kier alpha value is -1.79. The number of benzene rings is 1. The van der Waals surface area contributed by atoms with E-state index >= 15 is 0 Å². The first-order valence-electron chi connectivity index (χ1n) is 6.26. The summed E-state index contributed by atoms with van der Waals surface area (Å²) in [4.78, 5) is 13.2. The Kier molecular flexibility index (Phi) is 4.59. The van der Waals surface area contributed by atoms with E-state index in [9.17, 15) is 4.79 Å². The number of carbonyl (C=O) groups excluding carboxylic acids is 1. The highest BCUT2D eigenvalue weighted by atomic mass is 16.7. The lowest BCUT2D eigenvalue weighted by Crippen LogP contribution is -2.35. The molecule has 0 saturated carbocycles. The Bertz CT molecular complexity index is 450. The van der Waals surface area contributed by atoms with Gasteiger partial charge < -0.3 is 9.47 Å². The van der Waals surface area contributed by atoms with Crippen molar-refractivity contribution in [2.24, 2.45) is 0 Å². The summed E-state index contributed by atoms with van der Waals surface area (Å²) in [5, 5.41) is 8.58. The number of carbonyl (C=O) groups is 1. The van der Waals surface area contributed by atoms with Gasteiger partial charge in [-0.2, -0.15) is 0 Å². The van der Waals surface area contributed by atoms with Crippen LogP contribution >= 0.6 is 0 Å². The summed E-state index contributed by atoms with van der Waals surface area (Å²) < 4.78 is 10.6. The predicted octanol–water partition coefficient (Wildman–Crippen LogP) is 1.13. The molecule has 1 aromatic rings. The first-order chi connectivity index (χ1) is 9.22. The van der Waals surface area contributed by atoms with Crippen molar-refractivity contribution in [3.8, 4) is 11.5 Å². The maximum absolute atomic E-state index is 11.2. The lowest BCUT2D eigenvalue weighted by Gasteiger charge is -2.20. The molecule has 2 rings (SSSR count). The molecule has 0 unspecified atom stereocenters. The fraction of sp³-hybridized carbons (Fsp3) is 0.462. The van der Waals surface area contributed by atoms with Gasteiger partial charge >= 0.3 is 0 Å². The third-order valence-corrected chi connectivity index (χ3v) is 2.87. The molecule has 0 radical (unpaired) electrons. The largest absolute Gasteiger partial charge is 0.454 e. The van der Waals surface area contributed by atoms with Crippen LogP contribution in [0.4, 0.5) is 0 Å². The Labute approximate surface area is 111 Å². The van der Waals surface area contributed by atoms with Crippen LogP contribution in [0.25, 0.3) is 0 Å². The van der Waals surface area contributed by atoms with E-state index in [0.717, 1.165) is 30.0 Å². The summed E-state index contributed by atoms with van der Waals surface area (Å²) in [6, 6.07) is 5.74. The fourth-order valence-corrected chi connectivity index (χ4v) is 2.07. The molecule has 19 heavy (non-hydrogen) atoms. The van der Waals surface area contributed by atoms with Crippen molar-refractivity contribution in [3.63, 3.8) is 0 Å². The first-order valence-corrected chi connectivity index (χ1v) is 6.26. The van der Waals surface area contributed by atoms with Crippen LogP contribution < -0.4 is 15.0 Å². The van der Waals surface area contributed by atoms with Crippen molar-refractivity contribution in [1.29, 1.82) is 0 Å². The summed E-state index contributed by atoms with van der Waals surface area (Å²) in [6.45, 7) is 3.87. The van der Waals surface area contributed by atoms with E-state index in [4.69, 9.17) is 14.7 Å². The standard InChI is InChI=1S/C13H18N2O4/c1-2-5-15(8-13(16)14-17)7-10-3-4-11-12(6-10)19-9-18-11/h3-4,6,17H,2,5,7-9H2,1H3,(H,14,16). The third-order valence-electron chi connectivity index (χ3n) is 2.87. The number of nitrogens with one attached hydrogen (secondary N) is 1. The highest BCUT2D eigenvalue weighted by Gasteiger charge is 2.15. The SMILES string of the molecule is CCCN(CC(=O)NO)Cc1ccc2c(c1)OCO2. The molecule has 6 heteroatoms. The Morgan fingerprint density at radius 2 is 2.21 bits per heavy atom. The van der Waals surface area contributed by atoms with E-state index < -0.39 is 5.91 Å². The number of hydrogen-bond donors (Lipinski definition) is 2. The minimum atomic E-state index is -0.408. The van der Waals surface area contributed by atoms with Gasteiger partial charge in [0.15, 0.2) is 11.5 Å². The van der Waals surface area contributed by atoms with Gasteiger partial charge in [-0.15, -0.1) is 0 Å². The van der Waals surface area contributed by atoms with Crippen LogP contribution in [0.2, 0.25) is 0 Å². The van der Waals surface area contributed by atoms with Gasteiger partial charge in [-0.25, -0.2) is 5.48 Å². The monoisotopic (exact) mass is 266 g/mol. The molecule has 2 N–H and O–H groups in total. The number of rotatable bonds is 6. The van der Waals surface area contributed by atoms with Gasteiger partial charge in [0.25, 0.3) is 5.91 Å². The number of hydrogen-bond acceptors (Lipinski definition) is 5. The molecule has 0 atom stereocenters. The Balaban J connectivity index is 2.01. The van der Waals surface area contributed by atoms with E-state index in [1.165, 1.54) is 0 Å². The molecule has 1 aliphatic heterocycles. The van der Waals surface area contributed by atoms with Gasteiger partial charge in [-0.3, -0.25) is 14.9 Å². The van der Waals surface area contributed by atoms with Crippen LogP contribution in [0.5, 0.6) is 11.5 Å². The predicted molar refractivity (Wildman–Crippen MR) is 68.1 cm³/mol. The molecular weight excluding hydrogens is 248 g/mol. The second-order valence-electron chi connectivity index (χ2n) is 4.43. The van der Waals surface area contributed by atoms with Crippen LogP contribution in [-0.4, -0.2) is 35.9 Å². The van der Waals surface area contributed by atoms with Gasteiger partial charge in [-0.1, -0.05) is 13.0 Å². The number of hydroxylamine groups is 1. The van der Waals surface area contributed by atoms with Crippen molar-refractivity contribution in [1.82, 2.24) is 10.4 Å². The number of amides is 1. The van der Waals surface area contributed by atoms with Crippen molar-refractivity contribution in [3.05, 3.63) is 23.8 Å². The minimum absolute atomic E-state index is 0.165. The van der Waals surface area contributed by atoms with Crippen molar-refractivity contribution < 1.29 is 19.5 Å². The van der Waals surface area contributed by atoms with Crippen molar-refractivity contribution in [2.45, 2.75) is 19.9 Å². The third kappa shape index (κ3) is 3.59. The van der Waals surface area contributed by atoms with Gasteiger partial charge in [0, 0.05) is 6.54 Å². The molecule has 1 heterocycles. The Morgan fingerprint density at radius 1 is 1.42 bits per heavy atom. The molecule has 0 aliphatic carbocycles. The zero-order valence-corrected chi connectivity index (χ0v) is 10.9. The summed E-state index contributed by atoms with van der Waals surface area (Å²) in [6.07, 6.45) is 0.934. The van der Waals surface area contributed by atoms with Gasteiger partial charge in [0.2, 0.25) is 6.79 Å². The van der Waals surface area contributed by atoms with E-state index in [1.807, 2.05) is 30.0 Å². The Morgan fingerprint density at radius 3 is 2.95 bits per heavy atom. The van der Waals surface area contributed by atoms with Crippen LogP contribution in [0.3, 0.4) is 0 Å². The second kappa shape index (κ2) is 6.40. The maximum atomic E-state index is 11.2. The fourth-order valence-electron chi connectivity index (χ4n) is 2.07. The average Bonchev–Trinajstić information content (AvgIpc) is 2.86. The topological polar surface area (TPSA) is 71.0 Å². The summed E-state index contributed by atoms with van der Waals surface area (Å²) in [5.74, 6) is 1.08. The number of ether oxygens (including phenoxy) is 2. The second-order valence-corrected chi connectivity index (χ2v) is 4.43. The van der Waals surface area contributed by atoms with E-state index in [2.05, 4.69) is 0 Å². The van der Waals surface area contributed by atoms with Crippen molar-refractivity contribution in [2.75, 3.05) is 19.9 Å². The molecule has 6 nitrogen and oxygen atoms in total. The van der Waals surface area contributed by atoms with Crippen LogP contribution in [0.15, 0.2) is 18.2 Å². The van der Waals surface area contributed by atoms with E-state index in [0.29, 0.717) is 6.54 Å². The molecule has 104 valence electrons.